The Balaban J connectivity index is 2.16. The maximum atomic E-state index is 10.8. The molecular weight excluding hydrogens is 238 g/mol. The second-order valence-electron chi connectivity index (χ2n) is 4.14. The molecule has 0 unspecified atom stereocenters. The van der Waals surface area contributed by atoms with Crippen LogP contribution in [0.5, 0.6) is 0 Å². The first-order valence-electron chi connectivity index (χ1n) is 5.37. The van der Waals surface area contributed by atoms with E-state index in [1.54, 1.807) is 0 Å². The van der Waals surface area contributed by atoms with Crippen molar-refractivity contribution in [1.82, 2.24) is 4.98 Å². The second-order valence-corrected chi connectivity index (χ2v) is 5.78. The minimum absolute atomic E-state index is 0.180. The van der Waals surface area contributed by atoms with Gasteiger partial charge in [-0.3, -0.25) is 4.18 Å². The number of aryl methyl sites for hydroxylation is 1. The van der Waals surface area contributed by atoms with Crippen molar-refractivity contribution < 1.29 is 12.6 Å². The van der Waals surface area contributed by atoms with Gasteiger partial charge >= 0.3 is 0 Å². The molecule has 0 atom stereocenters. The van der Waals surface area contributed by atoms with Gasteiger partial charge in [0.1, 0.15) is 0 Å². The van der Waals surface area contributed by atoms with Gasteiger partial charge in [0, 0.05) is 17.1 Å². The van der Waals surface area contributed by atoms with Crippen molar-refractivity contribution in [3.63, 3.8) is 0 Å². The van der Waals surface area contributed by atoms with Crippen LogP contribution in [0.15, 0.2) is 24.4 Å². The number of aromatic amines is 1. The summed E-state index contributed by atoms with van der Waals surface area (Å²) < 4.78 is 26.4. The molecule has 0 amide bonds. The summed E-state index contributed by atoms with van der Waals surface area (Å²) in [4.78, 5) is 3.16. The summed E-state index contributed by atoms with van der Waals surface area (Å²) in [6.07, 6.45) is 3.54. The predicted octanol–water partition coefficient (Wildman–Crippen LogP) is 2.00. The quantitative estimate of drug-likeness (QED) is 0.848. The van der Waals surface area contributed by atoms with Gasteiger partial charge in [0.05, 0.1) is 12.9 Å². The summed E-state index contributed by atoms with van der Waals surface area (Å²) in [5, 5.41) is 1.13. The third kappa shape index (κ3) is 3.08. The standard InChI is InChI=1S/C12H15NO3S/c1-9-3-4-12-11(7-9)10(8-13-12)5-6-16-17(2,14)15/h3-4,7-8,13H,5-6H2,1-2H3. The topological polar surface area (TPSA) is 59.2 Å². The summed E-state index contributed by atoms with van der Waals surface area (Å²) in [7, 11) is -3.35. The molecule has 17 heavy (non-hydrogen) atoms. The highest BCUT2D eigenvalue weighted by atomic mass is 32.2. The van der Waals surface area contributed by atoms with Crippen LogP contribution in [0.1, 0.15) is 11.1 Å². The van der Waals surface area contributed by atoms with E-state index in [1.807, 2.05) is 25.3 Å². The molecule has 1 heterocycles. The summed E-state index contributed by atoms with van der Waals surface area (Å²) in [6, 6.07) is 6.14. The number of fused-ring (bicyclic) bond motifs is 1. The molecule has 1 N–H and O–H groups in total. The van der Waals surface area contributed by atoms with E-state index in [0.717, 1.165) is 22.7 Å². The Morgan fingerprint density at radius 3 is 2.82 bits per heavy atom. The number of aromatic nitrogens is 1. The Kier molecular flexibility index (Phi) is 3.22. The van der Waals surface area contributed by atoms with E-state index in [2.05, 4.69) is 11.1 Å². The minimum Gasteiger partial charge on any atom is -0.361 e. The number of benzene rings is 1. The summed E-state index contributed by atoms with van der Waals surface area (Å²) in [5.74, 6) is 0. The molecule has 0 spiro atoms. The zero-order chi connectivity index (χ0) is 12.5. The lowest BCUT2D eigenvalue weighted by atomic mass is 10.1. The van der Waals surface area contributed by atoms with Crippen molar-refractivity contribution in [1.29, 1.82) is 0 Å². The first-order chi connectivity index (χ1) is 7.96. The Morgan fingerprint density at radius 1 is 1.35 bits per heavy atom. The van der Waals surface area contributed by atoms with Crippen LogP contribution in [0.4, 0.5) is 0 Å². The van der Waals surface area contributed by atoms with Crippen LogP contribution < -0.4 is 0 Å². The van der Waals surface area contributed by atoms with E-state index in [-0.39, 0.29) is 6.61 Å². The lowest BCUT2D eigenvalue weighted by molar-refractivity contribution is 0.326. The number of rotatable bonds is 4. The molecule has 0 aliphatic carbocycles. The van der Waals surface area contributed by atoms with Crippen LogP contribution in [0, 0.1) is 6.92 Å². The zero-order valence-electron chi connectivity index (χ0n) is 9.86. The third-order valence-corrected chi connectivity index (χ3v) is 3.19. The van der Waals surface area contributed by atoms with Crippen molar-refractivity contribution in [2.75, 3.05) is 12.9 Å². The molecule has 0 bridgehead atoms. The average molecular weight is 253 g/mol. The number of hydrogen-bond acceptors (Lipinski definition) is 3. The molecule has 0 radical (unpaired) electrons. The first-order valence-corrected chi connectivity index (χ1v) is 7.18. The van der Waals surface area contributed by atoms with E-state index in [0.29, 0.717) is 6.42 Å². The molecule has 5 heteroatoms. The van der Waals surface area contributed by atoms with Crippen molar-refractivity contribution in [3.8, 4) is 0 Å². The first kappa shape index (κ1) is 12.1. The van der Waals surface area contributed by atoms with Gasteiger partial charge in [-0.25, -0.2) is 0 Å². The molecule has 2 rings (SSSR count). The molecule has 0 aliphatic heterocycles. The van der Waals surface area contributed by atoms with Crippen LogP contribution in [-0.2, 0) is 20.7 Å². The smallest absolute Gasteiger partial charge is 0.264 e. The summed E-state index contributed by atoms with van der Waals surface area (Å²) >= 11 is 0. The molecule has 0 saturated heterocycles. The van der Waals surface area contributed by atoms with Gasteiger partial charge in [0.25, 0.3) is 10.1 Å². The van der Waals surface area contributed by atoms with Crippen molar-refractivity contribution >= 4 is 21.0 Å². The second kappa shape index (κ2) is 4.50. The molecule has 4 nitrogen and oxygen atoms in total. The number of hydrogen-bond donors (Lipinski definition) is 1. The summed E-state index contributed by atoms with van der Waals surface area (Å²) in [6.45, 7) is 2.21. The molecule has 0 saturated carbocycles. The molecule has 0 fully saturated rings. The summed E-state index contributed by atoms with van der Waals surface area (Å²) in [5.41, 5.74) is 3.32. The largest absolute Gasteiger partial charge is 0.361 e. The van der Waals surface area contributed by atoms with Crippen molar-refractivity contribution in [2.24, 2.45) is 0 Å². The third-order valence-electron chi connectivity index (χ3n) is 2.59. The highest BCUT2D eigenvalue weighted by molar-refractivity contribution is 7.85. The van der Waals surface area contributed by atoms with E-state index < -0.39 is 10.1 Å². The average Bonchev–Trinajstić information content (AvgIpc) is 2.59. The van der Waals surface area contributed by atoms with Gasteiger partial charge in [0.2, 0.25) is 0 Å². The Morgan fingerprint density at radius 2 is 2.12 bits per heavy atom. The number of H-pyrrole nitrogens is 1. The maximum Gasteiger partial charge on any atom is 0.264 e. The Bertz CT molecular complexity index is 628. The van der Waals surface area contributed by atoms with E-state index in [9.17, 15) is 8.42 Å². The normalized spacial score (nSPS) is 12.1. The van der Waals surface area contributed by atoms with Crippen molar-refractivity contribution in [3.05, 3.63) is 35.5 Å². The Labute approximate surface area is 101 Å². The van der Waals surface area contributed by atoms with E-state index >= 15 is 0 Å². The van der Waals surface area contributed by atoms with Gasteiger partial charge in [-0.15, -0.1) is 0 Å². The van der Waals surface area contributed by atoms with Gasteiger partial charge < -0.3 is 4.98 Å². The molecule has 92 valence electrons. The number of nitrogens with one attached hydrogen (secondary N) is 1. The van der Waals surface area contributed by atoms with Crippen LogP contribution in [0.3, 0.4) is 0 Å². The fourth-order valence-corrected chi connectivity index (χ4v) is 2.19. The fourth-order valence-electron chi connectivity index (χ4n) is 1.80. The highest BCUT2D eigenvalue weighted by Gasteiger charge is 2.06. The maximum absolute atomic E-state index is 10.8. The van der Waals surface area contributed by atoms with Crippen LogP contribution >= 0.6 is 0 Å². The monoisotopic (exact) mass is 253 g/mol. The molecule has 0 aliphatic rings. The lowest BCUT2D eigenvalue weighted by Gasteiger charge is -2.01. The Hall–Kier alpha value is -1.33. The van der Waals surface area contributed by atoms with Gasteiger partial charge in [-0.2, -0.15) is 8.42 Å². The van der Waals surface area contributed by atoms with Gasteiger partial charge in [-0.05, 0) is 31.0 Å². The van der Waals surface area contributed by atoms with Crippen molar-refractivity contribution in [2.45, 2.75) is 13.3 Å². The molecule has 1 aromatic carbocycles. The van der Waals surface area contributed by atoms with Gasteiger partial charge in [-0.1, -0.05) is 11.6 Å². The minimum atomic E-state index is -3.35. The lowest BCUT2D eigenvalue weighted by Crippen LogP contribution is -2.05. The molecular formula is C12H15NO3S. The molecule has 2 aromatic rings. The van der Waals surface area contributed by atoms with E-state index in [4.69, 9.17) is 4.18 Å². The molecule has 1 aromatic heterocycles. The SMILES string of the molecule is Cc1ccc2[nH]cc(CCOS(C)(=O)=O)c2c1. The predicted molar refractivity (Wildman–Crippen MR) is 67.5 cm³/mol. The van der Waals surface area contributed by atoms with Crippen LogP contribution in [0.2, 0.25) is 0 Å². The van der Waals surface area contributed by atoms with E-state index in [1.165, 1.54) is 5.56 Å². The van der Waals surface area contributed by atoms with Crippen LogP contribution in [0.25, 0.3) is 10.9 Å². The van der Waals surface area contributed by atoms with Gasteiger partial charge in [0.15, 0.2) is 0 Å². The fraction of sp³-hybridized carbons (Fsp3) is 0.333. The van der Waals surface area contributed by atoms with Crippen LogP contribution in [-0.4, -0.2) is 26.3 Å². The zero-order valence-corrected chi connectivity index (χ0v) is 10.7. The highest BCUT2D eigenvalue weighted by Crippen LogP contribution is 2.20.